The molecule has 31 heavy (non-hydrogen) atoms. The lowest BCUT2D eigenvalue weighted by atomic mass is 10.1. The van der Waals surface area contributed by atoms with E-state index < -0.39 is 10.0 Å². The van der Waals surface area contributed by atoms with Crippen LogP contribution in [0.2, 0.25) is 0 Å². The van der Waals surface area contributed by atoms with Crippen LogP contribution >= 0.6 is 0 Å². The first-order valence-corrected chi connectivity index (χ1v) is 11.8. The molecule has 0 bridgehead atoms. The van der Waals surface area contributed by atoms with Gasteiger partial charge in [0.2, 0.25) is 0 Å². The number of benzene rings is 2. The Hall–Kier alpha value is -2.16. The fraction of sp³-hybridized carbons (Fsp3) is 0.455. The van der Waals surface area contributed by atoms with Crippen molar-refractivity contribution in [1.82, 2.24) is 4.90 Å². The molecule has 9 heteroatoms. The van der Waals surface area contributed by atoms with E-state index in [1.165, 1.54) is 10.7 Å². The Kier molecular flexibility index (Phi) is 7.91. The second-order valence-electron chi connectivity index (χ2n) is 7.48. The zero-order valence-electron chi connectivity index (χ0n) is 17.6. The first kappa shape index (κ1) is 23.5. The number of nitrogens with zero attached hydrogens (tertiary/aromatic N) is 2. The highest BCUT2D eigenvalue weighted by atomic mass is 35.5. The summed E-state index contributed by atoms with van der Waals surface area (Å²) in [7, 11) is -2.19. The van der Waals surface area contributed by atoms with Crippen LogP contribution in [0.15, 0.2) is 47.4 Å². The molecule has 1 fully saturated rings. The maximum atomic E-state index is 13.6. The number of rotatable bonds is 7. The van der Waals surface area contributed by atoms with E-state index in [0.29, 0.717) is 49.2 Å². The molecular formula is C22H28ClN2O5S-. The monoisotopic (exact) mass is 467 g/mol. The molecule has 4 rings (SSSR count). The number of fused-ring (bicyclic) bond motifs is 1. The minimum absolute atomic E-state index is 0. The summed E-state index contributed by atoms with van der Waals surface area (Å²) >= 11 is 0. The molecule has 2 aromatic rings. The second kappa shape index (κ2) is 10.4. The van der Waals surface area contributed by atoms with Crippen molar-refractivity contribution in [2.45, 2.75) is 24.2 Å². The van der Waals surface area contributed by atoms with Gasteiger partial charge in [0.15, 0.2) is 11.5 Å². The van der Waals surface area contributed by atoms with Gasteiger partial charge in [-0.2, -0.15) is 0 Å². The Morgan fingerprint density at radius 1 is 0.968 bits per heavy atom. The Labute approximate surface area is 190 Å². The number of piperidine rings is 1. The lowest BCUT2D eigenvalue weighted by molar-refractivity contribution is -0.00000934. The number of likely N-dealkylation sites (tertiary alicyclic amines) is 1. The van der Waals surface area contributed by atoms with E-state index in [1.54, 1.807) is 49.6 Å². The molecule has 2 heterocycles. The molecule has 0 spiro atoms. The predicted octanol–water partition coefficient (Wildman–Crippen LogP) is 0.152. The van der Waals surface area contributed by atoms with Gasteiger partial charge in [-0.25, -0.2) is 8.42 Å². The second-order valence-corrected chi connectivity index (χ2v) is 9.35. The minimum atomic E-state index is -3.75. The van der Waals surface area contributed by atoms with Gasteiger partial charge in [-0.05, 0) is 62.3 Å². The first-order chi connectivity index (χ1) is 14.6. The van der Waals surface area contributed by atoms with Crippen LogP contribution in [0.25, 0.3) is 0 Å². The molecule has 1 saturated heterocycles. The number of methoxy groups -OCH3 is 1. The predicted molar refractivity (Wildman–Crippen MR) is 115 cm³/mol. The first-order valence-electron chi connectivity index (χ1n) is 10.4. The Bertz CT molecular complexity index is 962. The van der Waals surface area contributed by atoms with Gasteiger partial charge in [-0.3, -0.25) is 4.31 Å². The zero-order chi connectivity index (χ0) is 21.0. The molecule has 0 unspecified atom stereocenters. The molecule has 0 saturated carbocycles. The summed E-state index contributed by atoms with van der Waals surface area (Å²) in [5, 5.41) is 0. The number of sulfonamides is 1. The van der Waals surface area contributed by atoms with E-state index in [2.05, 4.69) is 4.90 Å². The molecule has 0 aromatic heterocycles. The minimum Gasteiger partial charge on any atom is -1.00 e. The summed E-state index contributed by atoms with van der Waals surface area (Å²) in [4.78, 5) is 2.56. The molecule has 170 valence electrons. The van der Waals surface area contributed by atoms with Crippen molar-refractivity contribution in [3.8, 4) is 17.2 Å². The average molecular weight is 468 g/mol. The summed E-state index contributed by atoms with van der Waals surface area (Å²) in [5.41, 5.74) is 0.576. The van der Waals surface area contributed by atoms with E-state index in [0.717, 1.165) is 25.9 Å². The van der Waals surface area contributed by atoms with Crippen LogP contribution in [0.3, 0.4) is 0 Å². The van der Waals surface area contributed by atoms with Crippen LogP contribution in [0.1, 0.15) is 19.3 Å². The SMILES string of the molecule is COc1ccc(S(=O)(=O)N(CCN2CCCCC2)c2ccc3c(c2)OCCO3)cc1.[Cl-]. The summed E-state index contributed by atoms with van der Waals surface area (Å²) in [6.07, 6.45) is 3.57. The van der Waals surface area contributed by atoms with E-state index >= 15 is 0 Å². The number of hydrogen-bond acceptors (Lipinski definition) is 6. The lowest BCUT2D eigenvalue weighted by Gasteiger charge is -2.31. The normalized spacial score (nSPS) is 16.3. The highest BCUT2D eigenvalue weighted by Crippen LogP contribution is 2.36. The maximum absolute atomic E-state index is 13.6. The Balaban J connectivity index is 0.00000272. The topological polar surface area (TPSA) is 68.3 Å². The standard InChI is InChI=1S/C22H28N2O5S.ClH/c1-27-19-6-8-20(9-7-19)30(25,26)24(14-13-23-11-3-2-4-12-23)18-5-10-21-22(17-18)29-16-15-28-21;/h5-10,17H,2-4,11-16H2,1H3;1H/p-1. The van der Waals surface area contributed by atoms with Gasteiger partial charge >= 0.3 is 0 Å². The molecule has 2 aliphatic heterocycles. The molecule has 0 aliphatic carbocycles. The molecule has 0 atom stereocenters. The Morgan fingerprint density at radius 3 is 2.32 bits per heavy atom. The fourth-order valence-corrected chi connectivity index (χ4v) is 5.31. The summed E-state index contributed by atoms with van der Waals surface area (Å²) < 4.78 is 45.1. The Morgan fingerprint density at radius 2 is 1.65 bits per heavy atom. The van der Waals surface area contributed by atoms with Crippen molar-refractivity contribution < 1.29 is 35.0 Å². The quantitative estimate of drug-likeness (QED) is 0.577. The molecule has 0 N–H and O–H groups in total. The number of halogens is 1. The van der Waals surface area contributed by atoms with E-state index in [9.17, 15) is 8.42 Å². The van der Waals surface area contributed by atoms with Gasteiger partial charge in [0.05, 0.1) is 17.7 Å². The van der Waals surface area contributed by atoms with Crippen molar-refractivity contribution in [2.75, 3.05) is 50.8 Å². The summed E-state index contributed by atoms with van der Waals surface area (Å²) in [6, 6.07) is 11.8. The van der Waals surface area contributed by atoms with Crippen molar-refractivity contribution in [3.05, 3.63) is 42.5 Å². The van der Waals surface area contributed by atoms with Gasteiger partial charge in [0.25, 0.3) is 10.0 Å². The van der Waals surface area contributed by atoms with Crippen molar-refractivity contribution in [1.29, 1.82) is 0 Å². The van der Waals surface area contributed by atoms with Crippen LogP contribution < -0.4 is 30.9 Å². The smallest absolute Gasteiger partial charge is 0.264 e. The highest BCUT2D eigenvalue weighted by molar-refractivity contribution is 7.92. The van der Waals surface area contributed by atoms with E-state index in [4.69, 9.17) is 14.2 Å². The molecule has 0 radical (unpaired) electrons. The van der Waals surface area contributed by atoms with E-state index in [-0.39, 0.29) is 17.3 Å². The maximum Gasteiger partial charge on any atom is 0.264 e. The zero-order valence-corrected chi connectivity index (χ0v) is 19.2. The van der Waals surface area contributed by atoms with E-state index in [1.807, 2.05) is 0 Å². The molecule has 0 amide bonds. The van der Waals surface area contributed by atoms with Crippen LogP contribution in [-0.2, 0) is 10.0 Å². The molecular weight excluding hydrogens is 440 g/mol. The van der Waals surface area contributed by atoms with Gasteiger partial charge in [-0.15, -0.1) is 0 Å². The number of hydrogen-bond donors (Lipinski definition) is 0. The van der Waals surface area contributed by atoms with Crippen LogP contribution in [-0.4, -0.2) is 59.8 Å². The fourth-order valence-electron chi connectivity index (χ4n) is 3.87. The van der Waals surface area contributed by atoms with Crippen LogP contribution in [0, 0.1) is 0 Å². The molecule has 7 nitrogen and oxygen atoms in total. The summed E-state index contributed by atoms with van der Waals surface area (Å²) in [5.74, 6) is 1.84. The number of anilines is 1. The van der Waals surface area contributed by atoms with Crippen molar-refractivity contribution in [3.63, 3.8) is 0 Å². The largest absolute Gasteiger partial charge is 1.00 e. The average Bonchev–Trinajstić information content (AvgIpc) is 2.79. The lowest BCUT2D eigenvalue weighted by Crippen LogP contribution is -3.00. The third-order valence-corrected chi connectivity index (χ3v) is 7.37. The summed E-state index contributed by atoms with van der Waals surface area (Å²) in [6.45, 7) is 4.03. The molecule has 2 aromatic carbocycles. The third kappa shape index (κ3) is 5.37. The third-order valence-electron chi connectivity index (χ3n) is 5.53. The van der Waals surface area contributed by atoms with Gasteiger partial charge in [-0.1, -0.05) is 6.42 Å². The van der Waals surface area contributed by atoms with Crippen molar-refractivity contribution >= 4 is 15.7 Å². The van der Waals surface area contributed by atoms with Gasteiger partial charge in [0.1, 0.15) is 19.0 Å². The van der Waals surface area contributed by atoms with Gasteiger partial charge < -0.3 is 31.5 Å². The van der Waals surface area contributed by atoms with Crippen molar-refractivity contribution in [2.24, 2.45) is 0 Å². The van der Waals surface area contributed by atoms with Gasteiger partial charge in [0, 0.05) is 19.2 Å². The van der Waals surface area contributed by atoms with Crippen LogP contribution in [0.5, 0.6) is 17.2 Å². The van der Waals surface area contributed by atoms with Crippen LogP contribution in [0.4, 0.5) is 5.69 Å². The number of ether oxygens (including phenoxy) is 3. The highest BCUT2D eigenvalue weighted by Gasteiger charge is 2.27. The molecule has 2 aliphatic rings.